The van der Waals surface area contributed by atoms with Crippen LogP contribution < -0.4 is 10.6 Å². The molecule has 0 bridgehead atoms. The SMILES string of the molecule is Cc1ccc(-c2noc(C(C)NC(=O)C3(n4cccn4)CCNCC3)n2)cc1F. The number of nitrogens with zero attached hydrogens (tertiary/aromatic N) is 4. The average Bonchev–Trinajstić information content (AvgIpc) is 3.43. The summed E-state index contributed by atoms with van der Waals surface area (Å²) in [4.78, 5) is 17.6. The lowest BCUT2D eigenvalue weighted by molar-refractivity contribution is -0.132. The van der Waals surface area contributed by atoms with Gasteiger partial charge in [-0.25, -0.2) is 4.39 Å². The second-order valence-electron chi connectivity index (χ2n) is 7.35. The van der Waals surface area contributed by atoms with E-state index >= 15 is 0 Å². The number of hydrogen-bond acceptors (Lipinski definition) is 6. The number of amides is 1. The van der Waals surface area contributed by atoms with Crippen LogP contribution in [0.15, 0.2) is 41.2 Å². The maximum absolute atomic E-state index is 13.8. The number of rotatable bonds is 5. The van der Waals surface area contributed by atoms with Gasteiger partial charge in [-0.1, -0.05) is 17.3 Å². The van der Waals surface area contributed by atoms with Gasteiger partial charge in [0.05, 0.1) is 0 Å². The minimum absolute atomic E-state index is 0.142. The molecule has 29 heavy (non-hydrogen) atoms. The van der Waals surface area contributed by atoms with E-state index in [1.165, 1.54) is 6.07 Å². The second-order valence-corrected chi connectivity index (χ2v) is 7.35. The smallest absolute Gasteiger partial charge is 0.249 e. The van der Waals surface area contributed by atoms with Crippen molar-refractivity contribution in [1.82, 2.24) is 30.6 Å². The van der Waals surface area contributed by atoms with E-state index in [1.807, 2.05) is 12.3 Å². The van der Waals surface area contributed by atoms with E-state index < -0.39 is 11.6 Å². The molecule has 3 aromatic rings. The number of halogens is 1. The number of benzene rings is 1. The zero-order chi connectivity index (χ0) is 20.4. The highest BCUT2D eigenvalue weighted by Gasteiger charge is 2.42. The Bertz CT molecular complexity index is 994. The van der Waals surface area contributed by atoms with Gasteiger partial charge in [-0.3, -0.25) is 9.48 Å². The van der Waals surface area contributed by atoms with Gasteiger partial charge in [0.1, 0.15) is 17.4 Å². The van der Waals surface area contributed by atoms with Crippen LogP contribution in [0.5, 0.6) is 0 Å². The molecule has 1 aromatic carbocycles. The third kappa shape index (κ3) is 3.65. The summed E-state index contributed by atoms with van der Waals surface area (Å²) in [6, 6.07) is 6.08. The van der Waals surface area contributed by atoms with Crippen LogP contribution in [-0.2, 0) is 10.3 Å². The van der Waals surface area contributed by atoms with Crippen molar-refractivity contribution in [3.8, 4) is 11.4 Å². The van der Waals surface area contributed by atoms with Gasteiger partial charge >= 0.3 is 0 Å². The summed E-state index contributed by atoms with van der Waals surface area (Å²) in [6.07, 6.45) is 4.74. The summed E-state index contributed by atoms with van der Waals surface area (Å²) in [5, 5.41) is 14.5. The first kappa shape index (κ1) is 19.3. The number of aromatic nitrogens is 4. The lowest BCUT2D eigenvalue weighted by Crippen LogP contribution is -2.55. The first-order chi connectivity index (χ1) is 14.0. The van der Waals surface area contributed by atoms with E-state index in [9.17, 15) is 9.18 Å². The van der Waals surface area contributed by atoms with Crippen LogP contribution in [-0.4, -0.2) is 38.9 Å². The molecule has 9 heteroatoms. The summed E-state index contributed by atoms with van der Waals surface area (Å²) in [5.74, 6) is 0.0705. The van der Waals surface area contributed by atoms with Crippen LogP contribution in [0.2, 0.25) is 0 Å². The third-order valence-corrected chi connectivity index (χ3v) is 5.39. The van der Waals surface area contributed by atoms with Crippen molar-refractivity contribution in [1.29, 1.82) is 0 Å². The maximum Gasteiger partial charge on any atom is 0.249 e. The zero-order valence-electron chi connectivity index (χ0n) is 16.4. The van der Waals surface area contributed by atoms with Gasteiger partial charge in [-0.05, 0) is 57.5 Å². The molecule has 2 N–H and O–H groups in total. The summed E-state index contributed by atoms with van der Waals surface area (Å²) < 4.78 is 20.9. The highest BCUT2D eigenvalue weighted by atomic mass is 19.1. The van der Waals surface area contributed by atoms with Crippen molar-refractivity contribution in [2.45, 2.75) is 38.3 Å². The molecule has 1 aliphatic heterocycles. The zero-order valence-corrected chi connectivity index (χ0v) is 16.4. The number of hydrogen-bond donors (Lipinski definition) is 2. The Morgan fingerprint density at radius 2 is 2.17 bits per heavy atom. The molecular formula is C20H23FN6O2. The van der Waals surface area contributed by atoms with E-state index in [2.05, 4.69) is 25.9 Å². The fourth-order valence-corrected chi connectivity index (χ4v) is 3.58. The molecule has 1 amide bonds. The highest BCUT2D eigenvalue weighted by Crippen LogP contribution is 2.28. The largest absolute Gasteiger partial charge is 0.342 e. The van der Waals surface area contributed by atoms with Crippen molar-refractivity contribution in [3.05, 3.63) is 53.9 Å². The Balaban J connectivity index is 1.53. The Hall–Kier alpha value is -3.07. The monoisotopic (exact) mass is 398 g/mol. The molecule has 1 unspecified atom stereocenters. The first-order valence-electron chi connectivity index (χ1n) is 9.61. The Labute approximate surface area is 167 Å². The minimum Gasteiger partial charge on any atom is -0.342 e. The maximum atomic E-state index is 13.8. The molecule has 1 atom stereocenters. The van der Waals surface area contributed by atoms with Crippen LogP contribution in [0.25, 0.3) is 11.4 Å². The van der Waals surface area contributed by atoms with Crippen LogP contribution >= 0.6 is 0 Å². The molecule has 0 spiro atoms. The fraction of sp³-hybridized carbons (Fsp3) is 0.400. The summed E-state index contributed by atoms with van der Waals surface area (Å²) in [6.45, 7) is 4.92. The van der Waals surface area contributed by atoms with Gasteiger partial charge < -0.3 is 15.2 Å². The van der Waals surface area contributed by atoms with Gasteiger partial charge in [-0.15, -0.1) is 0 Å². The molecule has 8 nitrogen and oxygen atoms in total. The lowest BCUT2D eigenvalue weighted by Gasteiger charge is -2.36. The average molecular weight is 398 g/mol. The first-order valence-corrected chi connectivity index (χ1v) is 9.61. The molecule has 0 aliphatic carbocycles. The van der Waals surface area contributed by atoms with E-state index in [-0.39, 0.29) is 23.4 Å². The predicted molar refractivity (Wildman–Crippen MR) is 103 cm³/mol. The van der Waals surface area contributed by atoms with Crippen molar-refractivity contribution in [2.75, 3.05) is 13.1 Å². The van der Waals surface area contributed by atoms with Gasteiger partial charge in [0.25, 0.3) is 0 Å². The molecule has 152 valence electrons. The molecular weight excluding hydrogens is 375 g/mol. The topological polar surface area (TPSA) is 97.9 Å². The third-order valence-electron chi connectivity index (χ3n) is 5.39. The van der Waals surface area contributed by atoms with Gasteiger partial charge in [0.15, 0.2) is 0 Å². The second kappa shape index (κ2) is 7.75. The van der Waals surface area contributed by atoms with Gasteiger partial charge in [0.2, 0.25) is 17.6 Å². The van der Waals surface area contributed by atoms with Crippen LogP contribution in [0.4, 0.5) is 4.39 Å². The van der Waals surface area contributed by atoms with E-state index in [4.69, 9.17) is 4.52 Å². The number of nitrogens with one attached hydrogen (secondary N) is 2. The summed E-state index contributed by atoms with van der Waals surface area (Å²) >= 11 is 0. The van der Waals surface area contributed by atoms with Crippen LogP contribution in [0.3, 0.4) is 0 Å². The predicted octanol–water partition coefficient (Wildman–Crippen LogP) is 2.34. The minimum atomic E-state index is -0.758. The molecule has 0 radical (unpaired) electrons. The van der Waals surface area contributed by atoms with Crippen LogP contribution in [0.1, 0.15) is 37.3 Å². The molecule has 0 saturated carbocycles. The van der Waals surface area contributed by atoms with Gasteiger partial charge in [-0.2, -0.15) is 10.1 Å². The number of carbonyl (C=O) groups is 1. The normalized spacial score (nSPS) is 17.1. The van der Waals surface area contributed by atoms with Crippen molar-refractivity contribution < 1.29 is 13.7 Å². The summed E-state index contributed by atoms with van der Waals surface area (Å²) in [7, 11) is 0. The van der Waals surface area contributed by atoms with E-state index in [0.29, 0.717) is 24.0 Å². The van der Waals surface area contributed by atoms with Crippen molar-refractivity contribution >= 4 is 5.91 Å². The lowest BCUT2D eigenvalue weighted by atomic mass is 9.87. The molecule has 1 saturated heterocycles. The Morgan fingerprint density at radius 3 is 2.86 bits per heavy atom. The molecule has 4 rings (SSSR count). The number of piperidine rings is 1. The molecule has 1 aliphatic rings. The Morgan fingerprint density at radius 1 is 1.38 bits per heavy atom. The standard InChI is InChI=1S/C20H23FN6O2/c1-13-4-5-15(12-16(13)21)17-25-18(29-26-17)14(2)24-19(28)20(6-9-22-10-7-20)27-11-3-8-23-27/h3-5,8,11-12,14,22H,6-7,9-10H2,1-2H3,(H,24,28). The quantitative estimate of drug-likeness (QED) is 0.685. The Kier molecular flexibility index (Phi) is 5.14. The van der Waals surface area contributed by atoms with E-state index in [0.717, 1.165) is 13.1 Å². The van der Waals surface area contributed by atoms with E-state index in [1.54, 1.807) is 36.9 Å². The fourth-order valence-electron chi connectivity index (χ4n) is 3.58. The number of carbonyl (C=O) groups excluding carboxylic acids is 1. The number of aryl methyl sites for hydroxylation is 1. The van der Waals surface area contributed by atoms with Crippen molar-refractivity contribution in [2.24, 2.45) is 0 Å². The highest BCUT2D eigenvalue weighted by molar-refractivity contribution is 5.84. The molecule has 3 heterocycles. The van der Waals surface area contributed by atoms with Gasteiger partial charge in [0, 0.05) is 18.0 Å². The van der Waals surface area contributed by atoms with Crippen molar-refractivity contribution in [3.63, 3.8) is 0 Å². The van der Waals surface area contributed by atoms with Crippen LogP contribution in [0, 0.1) is 12.7 Å². The molecule has 2 aromatic heterocycles. The molecule has 1 fully saturated rings. The summed E-state index contributed by atoms with van der Waals surface area (Å²) in [5.41, 5.74) is 0.309.